The summed E-state index contributed by atoms with van der Waals surface area (Å²) >= 11 is 0. The van der Waals surface area contributed by atoms with Crippen LogP contribution in [0.5, 0.6) is 0 Å². The fraction of sp³-hybridized carbons (Fsp3) is 0.808. The van der Waals surface area contributed by atoms with E-state index in [1.807, 2.05) is 6.92 Å². The van der Waals surface area contributed by atoms with E-state index < -0.39 is 35.0 Å². The highest BCUT2D eigenvalue weighted by Gasteiger charge is 2.78. The molecule has 4 aliphatic heterocycles. The standard InChI is InChI=1S/C26H41N3O7/c1-3-10-28(13-12-27-14-17-35-18-15-27)23(32)21-26-9-8-25(4-2,36-26)20(24(33)34)19(26)22(31)29(21)11-6-5-7-16-30/h3,19-21,30H,1,4-18H2,2H3,(H,33,34)/t19-,20+,21?,25-,26?/m0/s1. The van der Waals surface area contributed by atoms with Crippen molar-refractivity contribution in [2.75, 3.05) is 59.1 Å². The summed E-state index contributed by atoms with van der Waals surface area (Å²) in [5.41, 5.74) is -2.03. The number of morpholine rings is 1. The van der Waals surface area contributed by atoms with Crippen LogP contribution in [0.2, 0.25) is 0 Å². The number of unbranched alkanes of at least 4 members (excludes halogenated alkanes) is 2. The van der Waals surface area contributed by atoms with Gasteiger partial charge < -0.3 is 29.5 Å². The van der Waals surface area contributed by atoms with Crippen molar-refractivity contribution in [2.24, 2.45) is 11.8 Å². The van der Waals surface area contributed by atoms with Gasteiger partial charge in [-0.2, -0.15) is 0 Å². The second-order valence-electron chi connectivity index (χ2n) is 10.5. The fourth-order valence-corrected chi connectivity index (χ4v) is 6.89. The van der Waals surface area contributed by atoms with E-state index in [4.69, 9.17) is 14.6 Å². The van der Waals surface area contributed by atoms with E-state index in [-0.39, 0.29) is 18.4 Å². The first kappa shape index (κ1) is 27.0. The van der Waals surface area contributed by atoms with Crippen LogP contribution in [0.15, 0.2) is 12.7 Å². The van der Waals surface area contributed by atoms with Crippen LogP contribution >= 0.6 is 0 Å². The van der Waals surface area contributed by atoms with Gasteiger partial charge in [-0.25, -0.2) is 0 Å². The van der Waals surface area contributed by atoms with E-state index in [1.54, 1.807) is 15.9 Å². The number of amides is 2. The molecule has 4 saturated heterocycles. The Hall–Kier alpha value is -2.01. The van der Waals surface area contributed by atoms with Gasteiger partial charge in [-0.05, 0) is 38.5 Å². The minimum Gasteiger partial charge on any atom is -0.481 e. The number of nitrogens with zero attached hydrogens (tertiary/aromatic N) is 3. The van der Waals surface area contributed by atoms with Crippen molar-refractivity contribution in [1.82, 2.24) is 14.7 Å². The molecule has 36 heavy (non-hydrogen) atoms. The molecule has 4 rings (SSSR count). The first-order valence-electron chi connectivity index (χ1n) is 13.4. The molecule has 10 nitrogen and oxygen atoms in total. The molecule has 0 aromatic carbocycles. The smallest absolute Gasteiger partial charge is 0.310 e. The van der Waals surface area contributed by atoms with Crippen molar-refractivity contribution in [3.8, 4) is 0 Å². The molecule has 2 amide bonds. The maximum Gasteiger partial charge on any atom is 0.310 e. The summed E-state index contributed by atoms with van der Waals surface area (Å²) in [5.74, 6) is -3.33. The monoisotopic (exact) mass is 507 g/mol. The molecule has 202 valence electrons. The SMILES string of the molecule is C=CCN(CCN1CCOCC1)C(=O)C1N(CCCCCO)C(=O)[C@@H]2[C@H](C(=O)O)[C@]3(CC)CCC12O3. The Labute approximate surface area is 213 Å². The zero-order valence-electron chi connectivity index (χ0n) is 21.4. The van der Waals surface area contributed by atoms with Gasteiger partial charge in [-0.1, -0.05) is 13.0 Å². The number of carbonyl (C=O) groups excluding carboxylic acids is 2. The summed E-state index contributed by atoms with van der Waals surface area (Å²) in [6.45, 7) is 10.6. The number of carboxylic acid groups (broad SMARTS) is 1. The number of rotatable bonds is 13. The Bertz CT molecular complexity index is 847. The lowest BCUT2D eigenvalue weighted by Crippen LogP contribution is -2.57. The van der Waals surface area contributed by atoms with Crippen molar-refractivity contribution in [1.29, 1.82) is 0 Å². The van der Waals surface area contributed by atoms with Gasteiger partial charge in [0.25, 0.3) is 0 Å². The average Bonchev–Trinajstić information content (AvgIpc) is 3.48. The molecule has 0 radical (unpaired) electrons. The fourth-order valence-electron chi connectivity index (χ4n) is 6.89. The molecular weight excluding hydrogens is 466 g/mol. The molecule has 4 heterocycles. The summed E-state index contributed by atoms with van der Waals surface area (Å²) in [5, 5.41) is 19.3. The molecule has 0 saturated carbocycles. The number of carbonyl (C=O) groups is 3. The lowest BCUT2D eigenvalue weighted by Gasteiger charge is -2.37. The van der Waals surface area contributed by atoms with Gasteiger partial charge >= 0.3 is 5.97 Å². The molecule has 0 aliphatic carbocycles. The molecule has 0 aromatic rings. The van der Waals surface area contributed by atoms with Crippen LogP contribution in [-0.4, -0.2) is 119 Å². The lowest BCUT2D eigenvalue weighted by molar-refractivity contribution is -0.157. The molecule has 2 unspecified atom stereocenters. The predicted octanol–water partition coefficient (Wildman–Crippen LogP) is 0.735. The lowest BCUT2D eigenvalue weighted by atomic mass is 9.65. The van der Waals surface area contributed by atoms with Crippen LogP contribution in [0.3, 0.4) is 0 Å². The maximum atomic E-state index is 14.2. The van der Waals surface area contributed by atoms with E-state index in [1.165, 1.54) is 0 Å². The minimum atomic E-state index is -1.12. The van der Waals surface area contributed by atoms with Crippen molar-refractivity contribution < 1.29 is 34.1 Å². The van der Waals surface area contributed by atoms with Crippen LogP contribution < -0.4 is 0 Å². The van der Waals surface area contributed by atoms with Crippen LogP contribution in [0.25, 0.3) is 0 Å². The highest BCUT2D eigenvalue weighted by molar-refractivity contribution is 5.98. The maximum absolute atomic E-state index is 14.2. The van der Waals surface area contributed by atoms with E-state index in [0.29, 0.717) is 77.9 Å². The minimum absolute atomic E-state index is 0.0702. The zero-order valence-corrected chi connectivity index (χ0v) is 21.4. The summed E-state index contributed by atoms with van der Waals surface area (Å²) < 4.78 is 12.0. The van der Waals surface area contributed by atoms with E-state index in [9.17, 15) is 19.5 Å². The number of aliphatic carboxylic acids is 1. The second kappa shape index (κ2) is 11.2. The van der Waals surface area contributed by atoms with Gasteiger partial charge in [-0.3, -0.25) is 19.3 Å². The highest BCUT2D eigenvalue weighted by atomic mass is 16.5. The van der Waals surface area contributed by atoms with Gasteiger partial charge in [0, 0.05) is 45.9 Å². The van der Waals surface area contributed by atoms with E-state index >= 15 is 0 Å². The van der Waals surface area contributed by atoms with Gasteiger partial charge in [-0.15, -0.1) is 6.58 Å². The summed E-state index contributed by atoms with van der Waals surface area (Å²) in [7, 11) is 0. The van der Waals surface area contributed by atoms with Gasteiger partial charge in [0.15, 0.2) is 0 Å². The van der Waals surface area contributed by atoms with Crippen LogP contribution in [0.4, 0.5) is 0 Å². The average molecular weight is 508 g/mol. The Kier molecular flexibility index (Phi) is 8.38. The quantitative estimate of drug-likeness (QED) is 0.277. The van der Waals surface area contributed by atoms with Crippen molar-refractivity contribution in [3.63, 3.8) is 0 Å². The molecule has 1 spiro atoms. The Balaban J connectivity index is 1.63. The summed E-state index contributed by atoms with van der Waals surface area (Å²) in [4.78, 5) is 46.1. The van der Waals surface area contributed by atoms with Crippen molar-refractivity contribution >= 4 is 17.8 Å². The van der Waals surface area contributed by atoms with Crippen LogP contribution in [0.1, 0.15) is 45.4 Å². The molecule has 2 bridgehead atoms. The molecule has 4 aliphatic rings. The van der Waals surface area contributed by atoms with Gasteiger partial charge in [0.1, 0.15) is 17.6 Å². The molecule has 4 fully saturated rings. The predicted molar refractivity (Wildman–Crippen MR) is 131 cm³/mol. The third-order valence-corrected chi connectivity index (χ3v) is 8.69. The number of hydrogen-bond acceptors (Lipinski definition) is 7. The summed E-state index contributed by atoms with van der Waals surface area (Å²) in [6.07, 6.45) is 5.16. The molecule has 2 N–H and O–H groups in total. The van der Waals surface area contributed by atoms with E-state index in [2.05, 4.69) is 11.5 Å². The van der Waals surface area contributed by atoms with Gasteiger partial charge in [0.2, 0.25) is 11.8 Å². The Morgan fingerprint density at radius 2 is 1.94 bits per heavy atom. The summed E-state index contributed by atoms with van der Waals surface area (Å²) in [6, 6.07) is -0.855. The number of carboxylic acids is 1. The zero-order chi connectivity index (χ0) is 25.9. The Morgan fingerprint density at radius 1 is 1.19 bits per heavy atom. The number of aliphatic hydroxyl groups excluding tert-OH is 1. The third kappa shape index (κ3) is 4.57. The first-order valence-corrected chi connectivity index (χ1v) is 13.4. The number of ether oxygens (including phenoxy) is 2. The number of hydrogen-bond donors (Lipinski definition) is 2. The second-order valence-corrected chi connectivity index (χ2v) is 10.5. The number of likely N-dealkylation sites (tertiary alicyclic amines) is 1. The van der Waals surface area contributed by atoms with Crippen LogP contribution in [0, 0.1) is 11.8 Å². The Morgan fingerprint density at radius 3 is 2.58 bits per heavy atom. The number of aliphatic hydroxyl groups is 1. The van der Waals surface area contributed by atoms with Gasteiger partial charge in [0.05, 0.1) is 24.7 Å². The topological polar surface area (TPSA) is 120 Å². The highest BCUT2D eigenvalue weighted by Crippen LogP contribution is 2.64. The molecule has 10 heteroatoms. The molecule has 5 atom stereocenters. The van der Waals surface area contributed by atoms with Crippen LogP contribution in [-0.2, 0) is 23.9 Å². The van der Waals surface area contributed by atoms with E-state index in [0.717, 1.165) is 13.1 Å². The van der Waals surface area contributed by atoms with Crippen molar-refractivity contribution in [3.05, 3.63) is 12.7 Å². The van der Waals surface area contributed by atoms with Crippen molar-refractivity contribution in [2.45, 2.75) is 62.7 Å². The third-order valence-electron chi connectivity index (χ3n) is 8.69. The normalized spacial score (nSPS) is 33.7. The molecular formula is C26H41N3O7. The largest absolute Gasteiger partial charge is 0.481 e. The first-order chi connectivity index (χ1) is 17.3. The number of fused-ring (bicyclic) bond motifs is 1. The molecule has 0 aromatic heterocycles.